The molecule has 17 heteroatoms. The summed E-state index contributed by atoms with van der Waals surface area (Å²) in [5, 5.41) is 46.7. The summed E-state index contributed by atoms with van der Waals surface area (Å²) in [4.78, 5) is 23.4. The first kappa shape index (κ1) is 30.7. The topological polar surface area (TPSA) is 240 Å². The number of rotatable bonds is 11. The van der Waals surface area contributed by atoms with E-state index in [0.29, 0.717) is 6.42 Å². The molecule has 0 aromatic heterocycles. The lowest BCUT2D eigenvalue weighted by Gasteiger charge is -2.48. The molecule has 0 unspecified atom stereocenters. The number of ether oxygens (including phenoxy) is 4. The van der Waals surface area contributed by atoms with Crippen LogP contribution in [0.5, 0.6) is 0 Å². The molecule has 2 amide bonds. The number of amides is 2. The summed E-state index contributed by atoms with van der Waals surface area (Å²) in [7, 11) is -4.93. The van der Waals surface area contributed by atoms with Crippen LogP contribution in [-0.2, 0) is 43.1 Å². The van der Waals surface area contributed by atoms with Crippen LogP contribution in [0.25, 0.3) is 0 Å². The van der Waals surface area contributed by atoms with Crippen molar-refractivity contribution in [3.8, 4) is 0 Å². The normalized spacial score (nSPS) is 37.3. The Bertz CT molecular complexity index is 844. The molecule has 16 nitrogen and oxygen atoms in total. The number of carbonyl (C=O) groups excluding carboxylic acids is 2. The Morgan fingerprint density at radius 3 is 1.97 bits per heavy atom. The van der Waals surface area contributed by atoms with Crippen LogP contribution in [0.2, 0.25) is 0 Å². The molecule has 2 heterocycles. The van der Waals surface area contributed by atoms with Gasteiger partial charge in [-0.15, -0.1) is 0 Å². The van der Waals surface area contributed by atoms with Crippen molar-refractivity contribution >= 4 is 22.2 Å². The molecule has 0 aromatic carbocycles. The lowest BCUT2D eigenvalue weighted by molar-refractivity contribution is -0.331. The van der Waals surface area contributed by atoms with Crippen LogP contribution in [0, 0.1) is 0 Å². The van der Waals surface area contributed by atoms with Crippen LogP contribution >= 0.6 is 0 Å². The van der Waals surface area contributed by atoms with Gasteiger partial charge in [-0.2, -0.15) is 8.42 Å². The highest BCUT2D eigenvalue weighted by atomic mass is 32.3. The van der Waals surface area contributed by atoms with E-state index in [1.165, 1.54) is 6.92 Å². The number of hydrogen-bond donors (Lipinski definition) is 7. The molecule has 2 saturated heterocycles. The second kappa shape index (κ2) is 13.3. The van der Waals surface area contributed by atoms with Crippen LogP contribution in [-0.4, -0.2) is 126 Å². The van der Waals surface area contributed by atoms with Crippen molar-refractivity contribution in [2.75, 3.05) is 19.8 Å². The van der Waals surface area contributed by atoms with E-state index in [1.54, 1.807) is 0 Å². The zero-order valence-electron chi connectivity index (χ0n) is 19.9. The Balaban J connectivity index is 2.32. The van der Waals surface area contributed by atoms with Crippen molar-refractivity contribution in [1.82, 2.24) is 10.6 Å². The first-order valence-corrected chi connectivity index (χ1v) is 12.5. The third kappa shape index (κ3) is 8.25. The van der Waals surface area contributed by atoms with Crippen molar-refractivity contribution in [2.24, 2.45) is 0 Å². The van der Waals surface area contributed by atoms with Crippen LogP contribution in [0.4, 0.5) is 0 Å². The molecule has 2 fully saturated rings. The summed E-state index contributed by atoms with van der Waals surface area (Å²) in [5.41, 5.74) is 0. The van der Waals surface area contributed by atoms with Crippen molar-refractivity contribution in [1.29, 1.82) is 0 Å². The smallest absolute Gasteiger partial charge is 0.394 e. The molecule has 2 aliphatic rings. The van der Waals surface area contributed by atoms with E-state index in [4.69, 9.17) is 23.5 Å². The maximum Gasteiger partial charge on any atom is 0.397 e. The van der Waals surface area contributed by atoms with Gasteiger partial charge in [-0.1, -0.05) is 6.92 Å². The number of nitrogens with one attached hydrogen (secondary N) is 2. The minimum Gasteiger partial charge on any atom is -0.394 e. The molecule has 0 radical (unpaired) electrons. The van der Waals surface area contributed by atoms with E-state index in [1.807, 2.05) is 6.92 Å². The first-order chi connectivity index (χ1) is 16.8. The molecule has 0 aromatic rings. The fourth-order valence-electron chi connectivity index (χ4n) is 3.88. The zero-order chi connectivity index (χ0) is 27.2. The zero-order valence-corrected chi connectivity index (χ0v) is 20.7. The molecule has 2 rings (SSSR count). The van der Waals surface area contributed by atoms with Gasteiger partial charge < -0.3 is 50.0 Å². The average molecular weight is 547 g/mol. The maximum absolute atomic E-state index is 11.7. The van der Waals surface area contributed by atoms with E-state index >= 15 is 0 Å². The van der Waals surface area contributed by atoms with Crippen LogP contribution in [0.15, 0.2) is 0 Å². The van der Waals surface area contributed by atoms with E-state index in [0.717, 1.165) is 6.92 Å². The highest BCUT2D eigenvalue weighted by Crippen LogP contribution is 2.30. The van der Waals surface area contributed by atoms with Crippen LogP contribution < -0.4 is 10.6 Å². The van der Waals surface area contributed by atoms with Gasteiger partial charge in [-0.3, -0.25) is 14.1 Å². The Morgan fingerprint density at radius 2 is 1.47 bits per heavy atom. The summed E-state index contributed by atoms with van der Waals surface area (Å²) in [6.07, 6.45) is -11.6. The summed E-state index contributed by atoms with van der Waals surface area (Å²) in [5.74, 6) is -1.18. The van der Waals surface area contributed by atoms with Crippen molar-refractivity contribution in [3.05, 3.63) is 0 Å². The van der Waals surface area contributed by atoms with Gasteiger partial charge in [0.05, 0.1) is 13.2 Å². The molecule has 10 atom stereocenters. The van der Waals surface area contributed by atoms with E-state index in [9.17, 15) is 38.4 Å². The summed E-state index contributed by atoms with van der Waals surface area (Å²) in [6.45, 7) is 2.74. The maximum atomic E-state index is 11.7. The average Bonchev–Trinajstić information content (AvgIpc) is 2.78. The quantitative estimate of drug-likeness (QED) is 0.123. The Kier molecular flexibility index (Phi) is 11.4. The van der Waals surface area contributed by atoms with Gasteiger partial charge in [0.1, 0.15) is 48.7 Å². The van der Waals surface area contributed by atoms with Crippen molar-refractivity contribution in [2.45, 2.75) is 88.5 Å². The molecule has 36 heavy (non-hydrogen) atoms. The second-order valence-corrected chi connectivity index (χ2v) is 9.47. The van der Waals surface area contributed by atoms with Gasteiger partial charge in [-0.25, -0.2) is 4.18 Å². The summed E-state index contributed by atoms with van der Waals surface area (Å²) >= 11 is 0. The minimum absolute atomic E-state index is 0.215. The fraction of sp³-hybridized carbons (Fsp3) is 0.895. The molecule has 0 spiro atoms. The molecule has 2 aliphatic heterocycles. The number of aliphatic hydroxyl groups excluding tert-OH is 4. The van der Waals surface area contributed by atoms with Crippen molar-refractivity contribution < 1.29 is 66.1 Å². The summed E-state index contributed by atoms with van der Waals surface area (Å²) < 4.78 is 57.5. The van der Waals surface area contributed by atoms with Crippen LogP contribution in [0.1, 0.15) is 27.2 Å². The molecule has 0 saturated carbocycles. The van der Waals surface area contributed by atoms with Crippen molar-refractivity contribution in [3.63, 3.8) is 0 Å². The molecule has 0 aliphatic carbocycles. The number of aliphatic hydroxyl groups is 4. The lowest BCUT2D eigenvalue weighted by atomic mass is 9.94. The molecular formula is C19H34N2O14S. The monoisotopic (exact) mass is 546 g/mol. The minimum atomic E-state index is -4.93. The molecular weight excluding hydrogens is 512 g/mol. The van der Waals surface area contributed by atoms with Gasteiger partial charge in [0.25, 0.3) is 0 Å². The van der Waals surface area contributed by atoms with Gasteiger partial charge in [0.15, 0.2) is 12.6 Å². The lowest BCUT2D eigenvalue weighted by Crippen LogP contribution is -2.69. The Morgan fingerprint density at radius 1 is 0.917 bits per heavy atom. The van der Waals surface area contributed by atoms with Gasteiger partial charge in [0.2, 0.25) is 11.8 Å². The van der Waals surface area contributed by atoms with E-state index < -0.39 is 96.7 Å². The van der Waals surface area contributed by atoms with Gasteiger partial charge >= 0.3 is 10.4 Å². The number of hydrogen-bond acceptors (Lipinski definition) is 13. The molecule has 7 N–H and O–H groups in total. The second-order valence-electron chi connectivity index (χ2n) is 8.38. The largest absolute Gasteiger partial charge is 0.397 e. The standard InChI is InChI=1S/C19H34N2O14S/c1-4-5-31-18-13(21-9(3)24)16(27)17(10(6-22)33-18)35-19-12(20-8(2)23)15(26)14(25)11(34-19)7-32-36(28,29)30/h10-19,22,25-27H,4-7H2,1-3H3,(H,20,23)(H,21,24)(H,28,29,30)/t10-,11-,12-,13-,14-,15-,16-,17-,18+,19+/m1/s1. The Hall–Kier alpha value is -1.51. The predicted octanol–water partition coefficient (Wildman–Crippen LogP) is -3.85. The first-order valence-electron chi connectivity index (χ1n) is 11.2. The molecule has 210 valence electrons. The molecule has 0 bridgehead atoms. The SMILES string of the molecule is CCCO[C@H]1O[C@H](CO)[C@@H](O[C@@H]2O[C@H](COS(=O)(=O)O)[C@@H](O)[C@H](O)[C@H]2NC(C)=O)[C@H](O)[C@H]1NC(C)=O. The highest BCUT2D eigenvalue weighted by Gasteiger charge is 2.52. The number of carbonyl (C=O) groups is 2. The Labute approximate surface area is 207 Å². The van der Waals surface area contributed by atoms with E-state index in [-0.39, 0.29) is 6.61 Å². The highest BCUT2D eigenvalue weighted by molar-refractivity contribution is 7.80. The van der Waals surface area contributed by atoms with Gasteiger partial charge in [0, 0.05) is 20.5 Å². The van der Waals surface area contributed by atoms with Crippen LogP contribution in [0.3, 0.4) is 0 Å². The third-order valence-corrected chi connectivity index (χ3v) is 5.89. The predicted molar refractivity (Wildman–Crippen MR) is 116 cm³/mol. The van der Waals surface area contributed by atoms with Gasteiger partial charge in [-0.05, 0) is 6.42 Å². The van der Waals surface area contributed by atoms with E-state index in [2.05, 4.69) is 14.8 Å². The summed E-state index contributed by atoms with van der Waals surface area (Å²) in [6, 6.07) is -2.59. The fourth-order valence-corrected chi connectivity index (χ4v) is 4.19. The third-order valence-electron chi connectivity index (χ3n) is 5.45.